The molecule has 1 N–H and O–H groups in total. The normalized spacial score (nSPS) is 11.3. The molecule has 3 aromatic rings. The third-order valence-corrected chi connectivity index (χ3v) is 6.41. The average molecular weight is 504 g/mol. The number of benzene rings is 3. The van der Waals surface area contributed by atoms with Crippen LogP contribution < -0.4 is 28.4 Å². The molecule has 186 valence electrons. The van der Waals surface area contributed by atoms with Crippen LogP contribution in [-0.2, 0) is 10.0 Å². The van der Waals surface area contributed by atoms with Gasteiger partial charge in [-0.3, -0.25) is 4.72 Å². The molecule has 0 spiro atoms. The molecule has 3 aromatic carbocycles. The Hall–Kier alpha value is -3.92. The minimum Gasteiger partial charge on any atom is -0.493 e. The first-order valence-corrected chi connectivity index (χ1v) is 11.8. The van der Waals surface area contributed by atoms with Gasteiger partial charge in [0.1, 0.15) is 5.82 Å². The van der Waals surface area contributed by atoms with E-state index in [-0.39, 0.29) is 10.6 Å². The van der Waals surface area contributed by atoms with Crippen LogP contribution in [0, 0.1) is 5.82 Å². The van der Waals surface area contributed by atoms with Crippen molar-refractivity contribution in [2.24, 2.45) is 0 Å². The Kier molecular flexibility index (Phi) is 8.08. The Balaban J connectivity index is 2.09. The Morgan fingerprint density at radius 2 is 1.34 bits per heavy atom. The lowest BCUT2D eigenvalue weighted by Crippen LogP contribution is -2.14. The highest BCUT2D eigenvalue weighted by molar-refractivity contribution is 7.92. The summed E-state index contributed by atoms with van der Waals surface area (Å²) in [7, 11) is 3.35. The molecule has 0 aliphatic rings. The summed E-state index contributed by atoms with van der Waals surface area (Å²) in [6, 6.07) is 11.3. The average Bonchev–Trinajstić information content (AvgIpc) is 2.86. The van der Waals surface area contributed by atoms with Gasteiger partial charge in [-0.2, -0.15) is 0 Å². The van der Waals surface area contributed by atoms with Crippen molar-refractivity contribution in [1.29, 1.82) is 0 Å². The van der Waals surface area contributed by atoms with E-state index in [1.807, 2.05) is 0 Å². The first-order chi connectivity index (χ1) is 16.8. The van der Waals surface area contributed by atoms with Crippen molar-refractivity contribution in [3.8, 4) is 28.7 Å². The molecular weight excluding hydrogens is 477 g/mol. The number of anilines is 1. The quantitative estimate of drug-likeness (QED) is 0.396. The Bertz CT molecular complexity index is 1310. The van der Waals surface area contributed by atoms with Crippen LogP contribution in [-0.4, -0.2) is 44.0 Å². The van der Waals surface area contributed by atoms with Crippen LogP contribution in [0.4, 0.5) is 10.1 Å². The maximum atomic E-state index is 13.6. The van der Waals surface area contributed by atoms with Crippen LogP contribution >= 0.6 is 0 Å². The van der Waals surface area contributed by atoms with Gasteiger partial charge in [-0.1, -0.05) is 18.2 Å². The number of halogens is 1. The van der Waals surface area contributed by atoms with Crippen molar-refractivity contribution in [3.05, 3.63) is 65.5 Å². The van der Waals surface area contributed by atoms with Gasteiger partial charge in [0, 0.05) is 11.6 Å². The van der Waals surface area contributed by atoms with Crippen LogP contribution in [0.2, 0.25) is 0 Å². The molecule has 0 saturated carbocycles. The van der Waals surface area contributed by atoms with Gasteiger partial charge in [0.15, 0.2) is 23.0 Å². The molecular formula is C25H26FNO7S. The van der Waals surface area contributed by atoms with Gasteiger partial charge >= 0.3 is 0 Å². The van der Waals surface area contributed by atoms with Gasteiger partial charge in [-0.05, 0) is 42.0 Å². The van der Waals surface area contributed by atoms with Crippen LogP contribution in [0.5, 0.6) is 28.7 Å². The van der Waals surface area contributed by atoms with Crippen molar-refractivity contribution >= 4 is 27.9 Å². The van der Waals surface area contributed by atoms with Gasteiger partial charge in [-0.25, -0.2) is 12.8 Å². The molecule has 3 rings (SSSR count). The molecule has 0 aliphatic carbocycles. The van der Waals surface area contributed by atoms with E-state index in [2.05, 4.69) is 4.72 Å². The minimum absolute atomic E-state index is 0.204. The van der Waals surface area contributed by atoms with Gasteiger partial charge in [0.2, 0.25) is 5.75 Å². The van der Waals surface area contributed by atoms with E-state index in [0.29, 0.717) is 39.9 Å². The number of sulfonamides is 1. The number of hydrogen-bond acceptors (Lipinski definition) is 7. The Labute approximate surface area is 203 Å². The molecule has 0 atom stereocenters. The number of hydrogen-bond donors (Lipinski definition) is 1. The van der Waals surface area contributed by atoms with E-state index >= 15 is 0 Å². The summed E-state index contributed by atoms with van der Waals surface area (Å²) in [6.07, 6.45) is 3.43. The van der Waals surface area contributed by atoms with Crippen LogP contribution in [0.3, 0.4) is 0 Å². The highest BCUT2D eigenvalue weighted by atomic mass is 32.2. The number of methoxy groups -OCH3 is 5. The van der Waals surface area contributed by atoms with E-state index in [4.69, 9.17) is 23.7 Å². The van der Waals surface area contributed by atoms with Gasteiger partial charge in [0.05, 0.1) is 46.1 Å². The maximum Gasteiger partial charge on any atom is 0.262 e. The summed E-state index contributed by atoms with van der Waals surface area (Å²) in [5.74, 6) is 1.42. The van der Waals surface area contributed by atoms with Crippen molar-refractivity contribution in [2.45, 2.75) is 4.90 Å². The SMILES string of the molecule is COc1cc(/C=C\c2cc(OC)c(OC)c(OC)c2)c(NS(=O)(=O)c2cccc(F)c2)cc1OC. The zero-order valence-electron chi connectivity index (χ0n) is 19.9. The smallest absolute Gasteiger partial charge is 0.262 e. The lowest BCUT2D eigenvalue weighted by atomic mass is 10.1. The molecule has 0 bridgehead atoms. The zero-order chi connectivity index (χ0) is 25.6. The Morgan fingerprint density at radius 3 is 1.89 bits per heavy atom. The highest BCUT2D eigenvalue weighted by Gasteiger charge is 2.19. The van der Waals surface area contributed by atoms with Gasteiger partial charge in [0.25, 0.3) is 10.0 Å². The topological polar surface area (TPSA) is 92.3 Å². The van der Waals surface area contributed by atoms with E-state index in [1.165, 1.54) is 59.8 Å². The molecule has 0 aliphatic heterocycles. The standard InChI is InChI=1S/C25H26FNO7S/c1-30-21-13-17(10-9-16-11-23(32-3)25(34-5)24(12-16)33-4)20(15-22(21)31-2)27-35(28,29)19-8-6-7-18(26)14-19/h6-15,27H,1-5H3/b10-9-. The molecule has 0 radical (unpaired) electrons. The summed E-state index contributed by atoms with van der Waals surface area (Å²) >= 11 is 0. The van der Waals surface area contributed by atoms with E-state index in [9.17, 15) is 12.8 Å². The highest BCUT2D eigenvalue weighted by Crippen LogP contribution is 2.39. The first kappa shape index (κ1) is 25.7. The summed E-state index contributed by atoms with van der Waals surface area (Å²) in [5.41, 5.74) is 1.38. The van der Waals surface area contributed by atoms with Crippen LogP contribution in [0.25, 0.3) is 12.2 Å². The molecule has 35 heavy (non-hydrogen) atoms. The van der Waals surface area contributed by atoms with Gasteiger partial charge < -0.3 is 23.7 Å². The molecule has 0 unspecified atom stereocenters. The second-order valence-corrected chi connectivity index (χ2v) is 8.83. The largest absolute Gasteiger partial charge is 0.493 e. The molecule has 8 nitrogen and oxygen atoms in total. The summed E-state index contributed by atoms with van der Waals surface area (Å²) in [5, 5.41) is 0. The molecule has 0 amide bonds. The lowest BCUT2D eigenvalue weighted by Gasteiger charge is -2.15. The zero-order valence-corrected chi connectivity index (χ0v) is 20.7. The van der Waals surface area contributed by atoms with E-state index in [1.54, 1.807) is 30.4 Å². The minimum atomic E-state index is -4.09. The summed E-state index contributed by atoms with van der Waals surface area (Å²) < 4.78 is 68.9. The second kappa shape index (κ2) is 11.0. The second-order valence-electron chi connectivity index (χ2n) is 7.15. The molecule has 0 fully saturated rings. The fraction of sp³-hybridized carbons (Fsp3) is 0.200. The monoisotopic (exact) mass is 503 g/mol. The summed E-state index contributed by atoms with van der Waals surface area (Å²) in [6.45, 7) is 0. The number of rotatable bonds is 10. The van der Waals surface area contributed by atoms with Crippen molar-refractivity contribution in [3.63, 3.8) is 0 Å². The predicted octanol–water partition coefficient (Wildman–Crippen LogP) is 4.84. The first-order valence-electron chi connectivity index (χ1n) is 10.3. The molecule has 0 saturated heterocycles. The van der Waals surface area contributed by atoms with Gasteiger partial charge in [-0.15, -0.1) is 0 Å². The van der Waals surface area contributed by atoms with E-state index in [0.717, 1.165) is 6.07 Å². The van der Waals surface area contributed by atoms with Crippen molar-refractivity contribution in [1.82, 2.24) is 0 Å². The van der Waals surface area contributed by atoms with E-state index < -0.39 is 15.8 Å². The third-order valence-electron chi connectivity index (χ3n) is 5.05. The van der Waals surface area contributed by atoms with Crippen molar-refractivity contribution < 1.29 is 36.5 Å². The summed E-state index contributed by atoms with van der Waals surface area (Å²) in [4.78, 5) is -0.216. The number of ether oxygens (including phenoxy) is 5. The maximum absolute atomic E-state index is 13.6. The predicted molar refractivity (Wildman–Crippen MR) is 132 cm³/mol. The molecule has 10 heteroatoms. The van der Waals surface area contributed by atoms with Crippen LogP contribution in [0.15, 0.2) is 53.4 Å². The van der Waals surface area contributed by atoms with Crippen LogP contribution in [0.1, 0.15) is 11.1 Å². The Morgan fingerprint density at radius 1 is 0.743 bits per heavy atom. The third kappa shape index (κ3) is 5.78. The van der Waals surface area contributed by atoms with Crippen molar-refractivity contribution in [2.75, 3.05) is 40.3 Å². The molecule has 0 aromatic heterocycles. The fourth-order valence-corrected chi connectivity index (χ4v) is 4.45. The number of nitrogens with one attached hydrogen (secondary N) is 1. The lowest BCUT2D eigenvalue weighted by molar-refractivity contribution is 0.324. The fourth-order valence-electron chi connectivity index (χ4n) is 3.34. The molecule has 0 heterocycles.